The Bertz CT molecular complexity index is 930. The number of aryl methyl sites for hydroxylation is 2. The summed E-state index contributed by atoms with van der Waals surface area (Å²) in [7, 11) is 1.88. The molecule has 0 fully saturated rings. The second-order valence-corrected chi connectivity index (χ2v) is 6.82. The molecule has 2 aromatic heterocycles. The van der Waals surface area contributed by atoms with Crippen LogP contribution < -0.4 is 10.1 Å². The van der Waals surface area contributed by atoms with E-state index in [9.17, 15) is 4.79 Å². The van der Waals surface area contributed by atoms with E-state index >= 15 is 0 Å². The topological polar surface area (TPSA) is 69.0 Å². The van der Waals surface area contributed by atoms with Crippen LogP contribution in [0.3, 0.4) is 0 Å². The zero-order valence-electron chi connectivity index (χ0n) is 15.4. The summed E-state index contributed by atoms with van der Waals surface area (Å²) in [4.78, 5) is 16.9. The van der Waals surface area contributed by atoms with E-state index < -0.39 is 0 Å². The number of amides is 1. The lowest BCUT2D eigenvalue weighted by atomic mass is 10.1. The van der Waals surface area contributed by atoms with E-state index in [4.69, 9.17) is 4.74 Å². The Hall–Kier alpha value is -2.67. The van der Waals surface area contributed by atoms with Crippen molar-refractivity contribution in [2.75, 3.05) is 11.9 Å². The number of rotatable bonds is 6. The Kier molecular flexibility index (Phi) is 5.37. The van der Waals surface area contributed by atoms with E-state index in [2.05, 4.69) is 15.4 Å². The first-order valence-corrected chi connectivity index (χ1v) is 9.34. The van der Waals surface area contributed by atoms with Gasteiger partial charge in [0.1, 0.15) is 5.75 Å². The van der Waals surface area contributed by atoms with E-state index in [1.807, 2.05) is 57.5 Å². The highest BCUT2D eigenvalue weighted by Crippen LogP contribution is 2.32. The van der Waals surface area contributed by atoms with Crippen molar-refractivity contribution in [1.82, 2.24) is 14.8 Å². The number of para-hydroxylation sites is 1. The van der Waals surface area contributed by atoms with Crippen LogP contribution in [0.25, 0.3) is 11.3 Å². The fourth-order valence-corrected chi connectivity index (χ4v) is 3.54. The Balaban J connectivity index is 1.73. The normalized spacial score (nSPS) is 10.8. The number of hydrogen-bond acceptors (Lipinski definition) is 5. The average Bonchev–Trinajstić information content (AvgIpc) is 3.16. The van der Waals surface area contributed by atoms with Crippen molar-refractivity contribution >= 4 is 22.4 Å². The van der Waals surface area contributed by atoms with Crippen molar-refractivity contribution in [1.29, 1.82) is 0 Å². The highest BCUT2D eigenvalue weighted by Gasteiger charge is 2.15. The van der Waals surface area contributed by atoms with Gasteiger partial charge in [-0.25, -0.2) is 4.98 Å². The van der Waals surface area contributed by atoms with Crippen LogP contribution in [0.4, 0.5) is 5.13 Å². The molecule has 0 saturated heterocycles. The highest BCUT2D eigenvalue weighted by molar-refractivity contribution is 7.14. The molecule has 0 radical (unpaired) electrons. The molecule has 0 aliphatic rings. The van der Waals surface area contributed by atoms with Crippen molar-refractivity contribution in [3.05, 3.63) is 46.6 Å². The van der Waals surface area contributed by atoms with Gasteiger partial charge in [-0.2, -0.15) is 5.10 Å². The van der Waals surface area contributed by atoms with E-state index in [1.165, 1.54) is 11.3 Å². The molecule has 3 aromatic rings. The SMILES string of the molecule is CCOc1ccccc1-c1csc(NC(=O)Cc2c(C)nn(C)c2C)n1. The minimum atomic E-state index is -0.0943. The van der Waals surface area contributed by atoms with Gasteiger partial charge in [-0.05, 0) is 32.9 Å². The lowest BCUT2D eigenvalue weighted by Gasteiger charge is -2.07. The molecule has 0 unspecified atom stereocenters. The van der Waals surface area contributed by atoms with Crippen molar-refractivity contribution in [2.45, 2.75) is 27.2 Å². The maximum atomic E-state index is 12.4. The van der Waals surface area contributed by atoms with Crippen molar-refractivity contribution < 1.29 is 9.53 Å². The Morgan fingerprint density at radius 2 is 2.08 bits per heavy atom. The second kappa shape index (κ2) is 7.70. The summed E-state index contributed by atoms with van der Waals surface area (Å²) >= 11 is 1.40. The summed E-state index contributed by atoms with van der Waals surface area (Å²) in [6.07, 6.45) is 0.288. The number of carbonyl (C=O) groups is 1. The van der Waals surface area contributed by atoms with Crippen molar-refractivity contribution in [3.8, 4) is 17.0 Å². The number of anilines is 1. The highest BCUT2D eigenvalue weighted by atomic mass is 32.1. The molecule has 0 aliphatic heterocycles. The number of aromatic nitrogens is 3. The van der Waals surface area contributed by atoms with Crippen LogP contribution in [0.5, 0.6) is 5.75 Å². The van der Waals surface area contributed by atoms with E-state index in [0.29, 0.717) is 11.7 Å². The van der Waals surface area contributed by atoms with E-state index in [-0.39, 0.29) is 12.3 Å². The van der Waals surface area contributed by atoms with Gasteiger partial charge in [0, 0.05) is 29.2 Å². The molecule has 136 valence electrons. The number of carbonyl (C=O) groups excluding carboxylic acids is 1. The standard InChI is InChI=1S/C19H22N4O2S/c1-5-25-17-9-7-6-8-14(17)16-11-26-19(20-16)21-18(24)10-15-12(2)22-23(4)13(15)3/h6-9,11H,5,10H2,1-4H3,(H,20,21,24). The Morgan fingerprint density at radius 1 is 1.31 bits per heavy atom. The molecule has 1 N–H and O–H groups in total. The largest absolute Gasteiger partial charge is 0.493 e. The minimum Gasteiger partial charge on any atom is -0.493 e. The maximum Gasteiger partial charge on any atom is 0.230 e. The number of nitrogens with one attached hydrogen (secondary N) is 1. The molecule has 7 heteroatoms. The van der Waals surface area contributed by atoms with Gasteiger partial charge in [0.2, 0.25) is 5.91 Å². The Labute approximate surface area is 156 Å². The second-order valence-electron chi connectivity index (χ2n) is 5.97. The smallest absolute Gasteiger partial charge is 0.230 e. The van der Waals surface area contributed by atoms with Gasteiger partial charge in [-0.1, -0.05) is 12.1 Å². The molecule has 0 saturated carbocycles. The van der Waals surface area contributed by atoms with Crippen LogP contribution in [-0.4, -0.2) is 27.3 Å². The third-order valence-electron chi connectivity index (χ3n) is 4.21. The monoisotopic (exact) mass is 370 g/mol. The molecule has 0 bridgehead atoms. The summed E-state index contributed by atoms with van der Waals surface area (Å²) < 4.78 is 7.45. The van der Waals surface area contributed by atoms with Gasteiger partial charge < -0.3 is 10.1 Å². The molecule has 0 spiro atoms. The summed E-state index contributed by atoms with van der Waals surface area (Å²) in [5, 5.41) is 9.74. The quantitative estimate of drug-likeness (QED) is 0.718. The average molecular weight is 370 g/mol. The fraction of sp³-hybridized carbons (Fsp3) is 0.316. The minimum absolute atomic E-state index is 0.0943. The molecule has 3 rings (SSSR count). The van der Waals surface area contributed by atoms with Crippen LogP contribution in [0.15, 0.2) is 29.6 Å². The molecule has 0 atom stereocenters. The van der Waals surface area contributed by atoms with E-state index in [0.717, 1.165) is 34.0 Å². The zero-order chi connectivity index (χ0) is 18.7. The maximum absolute atomic E-state index is 12.4. The third-order valence-corrected chi connectivity index (χ3v) is 4.97. The number of thiazole rings is 1. The molecule has 6 nitrogen and oxygen atoms in total. The molecule has 1 amide bonds. The van der Waals surface area contributed by atoms with Gasteiger partial charge >= 0.3 is 0 Å². The predicted molar refractivity (Wildman–Crippen MR) is 104 cm³/mol. The van der Waals surface area contributed by atoms with Crippen LogP contribution in [0.2, 0.25) is 0 Å². The molecule has 26 heavy (non-hydrogen) atoms. The zero-order valence-corrected chi connectivity index (χ0v) is 16.2. The van der Waals surface area contributed by atoms with Crippen LogP contribution in [0.1, 0.15) is 23.9 Å². The lowest BCUT2D eigenvalue weighted by molar-refractivity contribution is -0.115. The fourth-order valence-electron chi connectivity index (χ4n) is 2.81. The third kappa shape index (κ3) is 3.77. The molecular weight excluding hydrogens is 348 g/mol. The van der Waals surface area contributed by atoms with E-state index in [1.54, 1.807) is 4.68 Å². The van der Waals surface area contributed by atoms with Crippen LogP contribution in [0, 0.1) is 13.8 Å². The number of benzene rings is 1. The number of nitrogens with zero attached hydrogens (tertiary/aromatic N) is 3. The van der Waals surface area contributed by atoms with Gasteiger partial charge in [0.05, 0.1) is 24.4 Å². The van der Waals surface area contributed by atoms with Gasteiger partial charge in [-0.3, -0.25) is 9.48 Å². The first kappa shape index (κ1) is 18.1. The summed E-state index contributed by atoms with van der Waals surface area (Å²) in [6.45, 7) is 6.43. The predicted octanol–water partition coefficient (Wildman–Crippen LogP) is 3.74. The van der Waals surface area contributed by atoms with Gasteiger partial charge in [-0.15, -0.1) is 11.3 Å². The first-order chi connectivity index (χ1) is 12.5. The van der Waals surface area contributed by atoms with Gasteiger partial charge in [0.15, 0.2) is 5.13 Å². The first-order valence-electron chi connectivity index (χ1n) is 8.46. The number of hydrogen-bond donors (Lipinski definition) is 1. The Morgan fingerprint density at radius 3 is 2.77 bits per heavy atom. The summed E-state index contributed by atoms with van der Waals surface area (Å²) in [5.41, 5.74) is 4.56. The summed E-state index contributed by atoms with van der Waals surface area (Å²) in [6, 6.07) is 7.77. The lowest BCUT2D eigenvalue weighted by Crippen LogP contribution is -2.15. The van der Waals surface area contributed by atoms with Crippen molar-refractivity contribution in [2.24, 2.45) is 7.05 Å². The number of ether oxygens (including phenoxy) is 1. The van der Waals surface area contributed by atoms with Crippen molar-refractivity contribution in [3.63, 3.8) is 0 Å². The molecule has 2 heterocycles. The van der Waals surface area contributed by atoms with Crippen LogP contribution >= 0.6 is 11.3 Å². The summed E-state index contributed by atoms with van der Waals surface area (Å²) in [5.74, 6) is 0.697. The van der Waals surface area contributed by atoms with Crippen LogP contribution in [-0.2, 0) is 18.3 Å². The molecular formula is C19H22N4O2S. The molecule has 1 aromatic carbocycles. The molecule has 0 aliphatic carbocycles. The van der Waals surface area contributed by atoms with Gasteiger partial charge in [0.25, 0.3) is 0 Å².